The normalized spacial score (nSPS) is 8.87. The molecule has 0 aliphatic rings. The van der Waals surface area contributed by atoms with E-state index in [2.05, 4.69) is 81.0 Å². The van der Waals surface area contributed by atoms with Crippen molar-refractivity contribution in [1.82, 2.24) is 9.97 Å². The minimum absolute atomic E-state index is 0.193. The molecule has 0 aliphatic heterocycles. The summed E-state index contributed by atoms with van der Waals surface area (Å²) in [6.07, 6.45) is 4.70. The number of hydrogen-bond donors (Lipinski definition) is 2. The second kappa shape index (κ2) is 17.7. The third-order valence-corrected chi connectivity index (χ3v) is 5.75. The Hall–Kier alpha value is -4.72. The van der Waals surface area contributed by atoms with Gasteiger partial charge in [-0.05, 0) is 121 Å². The molecule has 0 saturated carbocycles. The molecule has 0 fully saturated rings. The van der Waals surface area contributed by atoms with E-state index in [4.69, 9.17) is 10.2 Å². The molecule has 0 spiro atoms. The largest absolute Gasteiger partial charge is 0.396 e. The van der Waals surface area contributed by atoms with Gasteiger partial charge in [0.25, 0.3) is 0 Å². The lowest BCUT2D eigenvalue weighted by molar-refractivity contribution is 0.285. The maximum atomic E-state index is 8.77. The zero-order valence-corrected chi connectivity index (χ0v) is 22.3. The number of nitrogens with zero attached hydrogens (tertiary/aromatic N) is 2. The third kappa shape index (κ3) is 11.9. The zero-order valence-electron chi connectivity index (χ0n) is 21.5. The van der Waals surface area contributed by atoms with Crippen LogP contribution in [0.3, 0.4) is 0 Å². The van der Waals surface area contributed by atoms with Crippen LogP contribution in [0.15, 0.2) is 48.5 Å². The molecule has 0 aromatic carbocycles. The molecule has 0 bridgehead atoms. The number of unbranched alkanes of at least 4 members (excludes halogenated alkanes) is 4. The average molecular weight is 527 g/mol. The summed E-state index contributed by atoms with van der Waals surface area (Å²) in [4.78, 5) is 10.7. The first kappa shape index (κ1) is 28.8. The fourth-order valence-corrected chi connectivity index (χ4v) is 3.64. The highest BCUT2D eigenvalue weighted by Crippen LogP contribution is 2.14. The van der Waals surface area contributed by atoms with Crippen LogP contribution in [0.4, 0.5) is 0 Å². The topological polar surface area (TPSA) is 66.2 Å². The Morgan fingerprint density at radius 1 is 0.513 bits per heavy atom. The molecule has 0 unspecified atom stereocenters. The van der Waals surface area contributed by atoms with Crippen LogP contribution in [0.5, 0.6) is 0 Å². The van der Waals surface area contributed by atoms with E-state index >= 15 is 0 Å². The highest BCUT2D eigenvalue weighted by molar-refractivity contribution is 7.13. The minimum Gasteiger partial charge on any atom is -0.396 e. The Labute approximate surface area is 235 Å². The molecule has 3 aromatic heterocycles. The summed E-state index contributed by atoms with van der Waals surface area (Å²) >= 11 is 1.50. The van der Waals surface area contributed by atoms with Crippen molar-refractivity contribution in [1.29, 1.82) is 0 Å². The molecule has 5 heteroatoms. The molecule has 3 heterocycles. The van der Waals surface area contributed by atoms with Crippen molar-refractivity contribution >= 4 is 11.3 Å². The summed E-state index contributed by atoms with van der Waals surface area (Å²) in [6, 6.07) is 15.0. The summed E-state index contributed by atoms with van der Waals surface area (Å²) < 4.78 is 0. The van der Waals surface area contributed by atoms with Crippen molar-refractivity contribution in [3.8, 4) is 71.0 Å². The maximum absolute atomic E-state index is 8.77. The Morgan fingerprint density at radius 2 is 0.949 bits per heavy atom. The standard InChI is InChI=1S/C34H26N2O2S/c37-27-11-7-3-1-5-9-15-29-17-13-19-31(35-29)21-23-33-25-26-34(39-33)24-22-32-20-14-18-30(36-32)16-10-6-2-4-8-12-28-38/h13-14,17-20,25-26,37-38H,3-4,7-8,11-12,27-28H2. The van der Waals surface area contributed by atoms with Crippen molar-refractivity contribution in [2.75, 3.05) is 13.2 Å². The van der Waals surface area contributed by atoms with Gasteiger partial charge in [-0.1, -0.05) is 24.0 Å². The van der Waals surface area contributed by atoms with E-state index in [1.807, 2.05) is 48.5 Å². The van der Waals surface area contributed by atoms with Gasteiger partial charge in [0.15, 0.2) is 0 Å². The van der Waals surface area contributed by atoms with Gasteiger partial charge in [0.2, 0.25) is 0 Å². The van der Waals surface area contributed by atoms with E-state index in [1.165, 1.54) is 11.3 Å². The first-order valence-corrected chi connectivity index (χ1v) is 13.4. The monoisotopic (exact) mass is 526 g/mol. The van der Waals surface area contributed by atoms with E-state index < -0.39 is 0 Å². The van der Waals surface area contributed by atoms with Crippen molar-refractivity contribution in [2.45, 2.75) is 38.5 Å². The lowest BCUT2D eigenvalue weighted by Crippen LogP contribution is -1.86. The number of rotatable bonds is 6. The van der Waals surface area contributed by atoms with Crippen molar-refractivity contribution in [3.63, 3.8) is 0 Å². The van der Waals surface area contributed by atoms with Crippen molar-refractivity contribution in [3.05, 3.63) is 81.1 Å². The molecule has 3 aromatic rings. The second-order valence-corrected chi connectivity index (χ2v) is 9.03. The number of thiophene rings is 1. The summed E-state index contributed by atoms with van der Waals surface area (Å²) in [5, 5.41) is 17.5. The summed E-state index contributed by atoms with van der Waals surface area (Å²) in [7, 11) is 0. The Morgan fingerprint density at radius 3 is 1.38 bits per heavy atom. The molecule has 0 aliphatic carbocycles. The number of aliphatic hydroxyl groups excluding tert-OH is 2. The van der Waals surface area contributed by atoms with Crippen LogP contribution < -0.4 is 0 Å². The smallest absolute Gasteiger partial charge is 0.115 e. The minimum atomic E-state index is 0.193. The molecule has 4 nitrogen and oxygen atoms in total. The predicted octanol–water partition coefficient (Wildman–Crippen LogP) is 4.37. The quantitative estimate of drug-likeness (QED) is 0.370. The molecular formula is C34H26N2O2S. The Kier molecular flexibility index (Phi) is 13.1. The highest BCUT2D eigenvalue weighted by atomic mass is 32.1. The maximum Gasteiger partial charge on any atom is 0.115 e. The third-order valence-electron chi connectivity index (χ3n) is 4.83. The van der Waals surface area contributed by atoms with Crippen LogP contribution in [-0.2, 0) is 0 Å². The van der Waals surface area contributed by atoms with Gasteiger partial charge in [0, 0.05) is 26.1 Å². The summed E-state index contributed by atoms with van der Waals surface area (Å²) in [5.74, 6) is 35.5. The number of aromatic nitrogens is 2. The van der Waals surface area contributed by atoms with E-state index in [1.54, 1.807) is 0 Å². The van der Waals surface area contributed by atoms with Crippen LogP contribution in [0, 0.1) is 71.0 Å². The van der Waals surface area contributed by atoms with E-state index in [0.717, 1.165) is 48.3 Å². The molecule has 0 radical (unpaired) electrons. The van der Waals surface area contributed by atoms with Crippen LogP contribution in [0.25, 0.3) is 0 Å². The van der Waals surface area contributed by atoms with Crippen molar-refractivity contribution < 1.29 is 10.2 Å². The molecular weight excluding hydrogens is 500 g/mol. The molecule has 0 atom stereocenters. The molecule has 2 N–H and O–H groups in total. The van der Waals surface area contributed by atoms with Gasteiger partial charge in [-0.15, -0.1) is 11.3 Å². The van der Waals surface area contributed by atoms with E-state index in [9.17, 15) is 0 Å². The van der Waals surface area contributed by atoms with Gasteiger partial charge >= 0.3 is 0 Å². The molecule has 0 saturated heterocycles. The highest BCUT2D eigenvalue weighted by Gasteiger charge is 1.97. The predicted molar refractivity (Wildman–Crippen MR) is 156 cm³/mol. The molecule has 39 heavy (non-hydrogen) atoms. The van der Waals surface area contributed by atoms with Crippen molar-refractivity contribution in [2.24, 2.45) is 0 Å². The molecule has 3 rings (SSSR count). The SMILES string of the molecule is OCCCCC#CC#Cc1cccc(C#Cc2ccc(C#Cc3cccc(C#CC#CCCCCO)n3)s2)n1. The lowest BCUT2D eigenvalue weighted by Gasteiger charge is -1.91. The number of pyridine rings is 2. The average Bonchev–Trinajstić information content (AvgIpc) is 3.42. The number of aliphatic hydroxyl groups is 2. The Balaban J connectivity index is 1.59. The first-order chi connectivity index (χ1) is 19.3. The van der Waals surface area contributed by atoms with E-state index in [-0.39, 0.29) is 13.2 Å². The van der Waals surface area contributed by atoms with Gasteiger partial charge in [-0.3, -0.25) is 0 Å². The Bertz CT molecular complexity index is 1510. The van der Waals surface area contributed by atoms with Crippen LogP contribution in [0.2, 0.25) is 0 Å². The lowest BCUT2D eigenvalue weighted by atomic mass is 10.2. The van der Waals surface area contributed by atoms with Crippen LogP contribution >= 0.6 is 11.3 Å². The number of hydrogen-bond acceptors (Lipinski definition) is 5. The van der Waals surface area contributed by atoms with Gasteiger partial charge in [0.1, 0.15) is 22.8 Å². The molecule has 0 amide bonds. The summed E-state index contributed by atoms with van der Waals surface area (Å²) in [5.41, 5.74) is 2.51. The van der Waals surface area contributed by atoms with Crippen LogP contribution in [0.1, 0.15) is 71.1 Å². The first-order valence-electron chi connectivity index (χ1n) is 12.5. The van der Waals surface area contributed by atoms with Gasteiger partial charge in [-0.2, -0.15) is 0 Å². The fraction of sp³-hybridized carbons (Fsp3) is 0.235. The van der Waals surface area contributed by atoms with Crippen LogP contribution in [-0.4, -0.2) is 33.4 Å². The van der Waals surface area contributed by atoms with Gasteiger partial charge < -0.3 is 10.2 Å². The summed E-state index contributed by atoms with van der Waals surface area (Å²) in [6.45, 7) is 0.387. The molecule has 190 valence electrons. The zero-order chi connectivity index (χ0) is 27.4. The fourth-order valence-electron chi connectivity index (χ4n) is 2.93. The second-order valence-electron chi connectivity index (χ2n) is 7.95. The van der Waals surface area contributed by atoms with E-state index in [0.29, 0.717) is 22.8 Å². The van der Waals surface area contributed by atoms with Gasteiger partial charge in [0.05, 0.1) is 9.75 Å². The van der Waals surface area contributed by atoms with Gasteiger partial charge in [-0.25, -0.2) is 9.97 Å².